The van der Waals surface area contributed by atoms with E-state index < -0.39 is 6.23 Å². The molecule has 1 amide bonds. The van der Waals surface area contributed by atoms with E-state index in [1.54, 1.807) is 16.4 Å². The number of benzene rings is 1. The number of aliphatic hydroxyl groups excluding tert-OH is 1. The van der Waals surface area contributed by atoms with Gasteiger partial charge in [0.25, 0.3) is 0 Å². The van der Waals surface area contributed by atoms with E-state index in [4.69, 9.17) is 4.37 Å². The van der Waals surface area contributed by atoms with E-state index in [2.05, 4.69) is 34.1 Å². The summed E-state index contributed by atoms with van der Waals surface area (Å²) in [4.78, 5) is 19.3. The molecule has 1 N–H and O–H groups in total. The van der Waals surface area contributed by atoms with Crippen LogP contribution in [0, 0.1) is 11.8 Å². The van der Waals surface area contributed by atoms with Crippen molar-refractivity contribution in [3.05, 3.63) is 24.3 Å². The number of piperazine rings is 1. The minimum absolute atomic E-state index is 0.0867. The molecule has 30 heavy (non-hydrogen) atoms. The molecule has 3 atom stereocenters. The van der Waals surface area contributed by atoms with Crippen molar-refractivity contribution in [2.24, 2.45) is 11.8 Å². The number of carbonyl (C=O) groups is 1. The number of hydrogen-bond acceptors (Lipinski definition) is 6. The molecule has 7 heteroatoms. The van der Waals surface area contributed by atoms with Gasteiger partial charge >= 0.3 is 0 Å². The van der Waals surface area contributed by atoms with Crippen molar-refractivity contribution < 1.29 is 9.90 Å². The fourth-order valence-corrected chi connectivity index (χ4v) is 6.34. The van der Waals surface area contributed by atoms with Gasteiger partial charge in [-0.1, -0.05) is 25.0 Å². The molecule has 1 unspecified atom stereocenters. The van der Waals surface area contributed by atoms with Crippen molar-refractivity contribution in [2.45, 2.75) is 44.8 Å². The summed E-state index contributed by atoms with van der Waals surface area (Å²) in [6, 6.07) is 8.48. The molecule has 6 nitrogen and oxygen atoms in total. The van der Waals surface area contributed by atoms with E-state index in [0.29, 0.717) is 6.54 Å². The average Bonchev–Trinajstić information content (AvgIpc) is 3.32. The summed E-state index contributed by atoms with van der Waals surface area (Å²) in [5.74, 6) is 1.61. The van der Waals surface area contributed by atoms with Crippen molar-refractivity contribution in [1.82, 2.24) is 14.2 Å². The molecule has 0 radical (unpaired) electrons. The Morgan fingerprint density at radius 1 is 1.03 bits per heavy atom. The van der Waals surface area contributed by atoms with Gasteiger partial charge in [0, 0.05) is 49.9 Å². The largest absolute Gasteiger partial charge is 0.373 e. The van der Waals surface area contributed by atoms with Gasteiger partial charge in [0.2, 0.25) is 5.91 Å². The van der Waals surface area contributed by atoms with Gasteiger partial charge in [0.15, 0.2) is 0 Å². The normalized spacial score (nSPS) is 27.8. The van der Waals surface area contributed by atoms with Gasteiger partial charge in [-0.25, -0.2) is 0 Å². The van der Waals surface area contributed by atoms with Gasteiger partial charge in [-0.3, -0.25) is 9.69 Å². The molecule has 2 aliphatic heterocycles. The van der Waals surface area contributed by atoms with Crippen LogP contribution in [0.3, 0.4) is 0 Å². The third-order valence-electron chi connectivity index (χ3n) is 7.28. The van der Waals surface area contributed by atoms with E-state index >= 15 is 0 Å². The van der Waals surface area contributed by atoms with Crippen LogP contribution in [0.4, 0.5) is 5.82 Å². The van der Waals surface area contributed by atoms with Crippen molar-refractivity contribution in [2.75, 3.05) is 44.2 Å². The van der Waals surface area contributed by atoms with Gasteiger partial charge in [-0.15, -0.1) is 0 Å². The van der Waals surface area contributed by atoms with E-state index in [1.807, 2.05) is 0 Å². The van der Waals surface area contributed by atoms with Crippen LogP contribution in [-0.2, 0) is 4.79 Å². The first-order chi connectivity index (χ1) is 14.7. The summed E-state index contributed by atoms with van der Waals surface area (Å²) >= 11 is 1.59. The zero-order valence-corrected chi connectivity index (χ0v) is 18.4. The number of aromatic nitrogens is 1. The Morgan fingerprint density at radius 2 is 1.80 bits per heavy atom. The van der Waals surface area contributed by atoms with Gasteiger partial charge < -0.3 is 14.9 Å². The lowest BCUT2D eigenvalue weighted by molar-refractivity contribution is -0.135. The smallest absolute Gasteiger partial charge is 0.228 e. The first kappa shape index (κ1) is 20.2. The second kappa shape index (κ2) is 8.81. The monoisotopic (exact) mass is 428 g/mol. The number of anilines is 1. The van der Waals surface area contributed by atoms with Crippen LogP contribution < -0.4 is 4.90 Å². The topological polar surface area (TPSA) is 59.9 Å². The number of hydrogen-bond donors (Lipinski definition) is 1. The summed E-state index contributed by atoms with van der Waals surface area (Å²) in [6.07, 6.45) is 5.77. The van der Waals surface area contributed by atoms with E-state index in [1.165, 1.54) is 10.1 Å². The van der Waals surface area contributed by atoms with Crippen molar-refractivity contribution in [3.63, 3.8) is 0 Å². The summed E-state index contributed by atoms with van der Waals surface area (Å²) in [5, 5.41) is 11.9. The number of carbonyl (C=O) groups excluding carboxylic acids is 1. The number of rotatable bonds is 6. The highest BCUT2D eigenvalue weighted by Crippen LogP contribution is 2.40. The number of amides is 1. The van der Waals surface area contributed by atoms with Crippen molar-refractivity contribution in [3.8, 4) is 0 Å². The van der Waals surface area contributed by atoms with Crippen LogP contribution in [0.5, 0.6) is 0 Å². The molecular weight excluding hydrogens is 396 g/mol. The molecule has 3 heterocycles. The third-order valence-corrected chi connectivity index (χ3v) is 8.09. The van der Waals surface area contributed by atoms with Gasteiger partial charge in [-0.2, -0.15) is 4.37 Å². The van der Waals surface area contributed by atoms with E-state index in [-0.39, 0.29) is 17.7 Å². The fraction of sp³-hybridized carbons (Fsp3) is 0.652. The van der Waals surface area contributed by atoms with E-state index in [9.17, 15) is 9.90 Å². The first-order valence-electron chi connectivity index (χ1n) is 11.5. The van der Waals surface area contributed by atoms with Crippen LogP contribution in [0.1, 0.15) is 38.5 Å². The molecule has 2 aromatic rings. The Balaban J connectivity index is 1.06. The second-order valence-electron chi connectivity index (χ2n) is 9.04. The summed E-state index contributed by atoms with van der Waals surface area (Å²) in [7, 11) is 0. The first-order valence-corrected chi connectivity index (χ1v) is 12.3. The molecule has 3 fully saturated rings. The van der Waals surface area contributed by atoms with Crippen LogP contribution in [0.25, 0.3) is 10.1 Å². The minimum atomic E-state index is -0.542. The SMILES string of the molecule is O=C1[C@@H]2CCCC[C@@H]2C(O)N1CCCCN1CCN(c2nsc3ccccc23)CC1. The Morgan fingerprint density at radius 3 is 2.63 bits per heavy atom. The number of fused-ring (bicyclic) bond motifs is 2. The highest BCUT2D eigenvalue weighted by molar-refractivity contribution is 7.13. The Kier molecular flexibility index (Phi) is 5.94. The van der Waals surface area contributed by atoms with Crippen LogP contribution in [-0.4, -0.2) is 70.7 Å². The lowest BCUT2D eigenvalue weighted by Crippen LogP contribution is -2.47. The van der Waals surface area contributed by atoms with Gasteiger partial charge in [-0.05, 0) is 55.9 Å². The van der Waals surface area contributed by atoms with Crippen molar-refractivity contribution in [1.29, 1.82) is 0 Å². The molecule has 0 spiro atoms. The predicted octanol–water partition coefficient (Wildman–Crippen LogP) is 3.17. The van der Waals surface area contributed by atoms with Gasteiger partial charge in [0.05, 0.1) is 4.70 Å². The second-order valence-corrected chi connectivity index (χ2v) is 9.84. The highest BCUT2D eigenvalue weighted by atomic mass is 32.1. The quantitative estimate of drug-likeness (QED) is 0.716. The molecule has 2 saturated heterocycles. The maximum atomic E-state index is 12.6. The highest BCUT2D eigenvalue weighted by Gasteiger charge is 2.47. The maximum Gasteiger partial charge on any atom is 0.228 e. The van der Waals surface area contributed by atoms with Crippen molar-refractivity contribution >= 4 is 33.3 Å². The molecule has 1 aromatic heterocycles. The molecular formula is C23H32N4O2S. The molecule has 1 aliphatic carbocycles. The zero-order chi connectivity index (χ0) is 20.5. The third kappa shape index (κ3) is 3.83. The maximum absolute atomic E-state index is 12.6. The Hall–Kier alpha value is -1.70. The molecule has 1 aromatic carbocycles. The van der Waals surface area contributed by atoms with Crippen LogP contribution in [0.2, 0.25) is 0 Å². The van der Waals surface area contributed by atoms with Crippen LogP contribution in [0.15, 0.2) is 24.3 Å². The van der Waals surface area contributed by atoms with E-state index in [0.717, 1.165) is 77.1 Å². The number of nitrogens with zero attached hydrogens (tertiary/aromatic N) is 4. The zero-order valence-electron chi connectivity index (χ0n) is 17.6. The summed E-state index contributed by atoms with van der Waals surface area (Å²) < 4.78 is 5.95. The molecule has 1 saturated carbocycles. The molecule has 162 valence electrons. The lowest BCUT2D eigenvalue weighted by Gasteiger charge is -2.35. The fourth-order valence-electron chi connectivity index (χ4n) is 5.54. The average molecular weight is 429 g/mol. The number of aliphatic hydroxyl groups is 1. The number of likely N-dealkylation sites (tertiary alicyclic amines) is 1. The van der Waals surface area contributed by atoms with Crippen LogP contribution >= 0.6 is 11.5 Å². The van der Waals surface area contributed by atoms with Gasteiger partial charge in [0.1, 0.15) is 12.0 Å². The summed E-state index contributed by atoms with van der Waals surface area (Å²) in [5.41, 5.74) is 0. The lowest BCUT2D eigenvalue weighted by atomic mass is 9.81. The molecule has 3 aliphatic rings. The molecule has 5 rings (SSSR count). The number of unbranched alkanes of at least 4 members (excludes halogenated alkanes) is 1. The summed E-state index contributed by atoms with van der Waals surface area (Å²) in [6.45, 7) is 5.91. The molecule has 0 bridgehead atoms. The predicted molar refractivity (Wildman–Crippen MR) is 121 cm³/mol. The Labute approximate surface area is 182 Å². The minimum Gasteiger partial charge on any atom is -0.373 e. The standard InChI is InChI=1S/C23H32N4O2S/c28-22-17-7-1-2-8-18(17)23(29)27(22)12-6-5-11-25-13-15-26(16-14-25)21-19-9-3-4-10-20(19)30-24-21/h3-4,9-10,17-18,22,28H,1-2,5-8,11-16H2/t17-,18+,22?/m0/s1. The Bertz CT molecular complexity index is 879.